The number of nitrogens with zero attached hydrogens (tertiary/aromatic N) is 5. The number of hydrogen-bond donors (Lipinski definition) is 1. The normalized spacial score (nSPS) is 14.0. The first-order valence-electron chi connectivity index (χ1n) is 12.4. The molecule has 3 heterocycles. The van der Waals surface area contributed by atoms with Gasteiger partial charge in [-0.25, -0.2) is 24.7 Å². The number of nitrogens with one attached hydrogen (secondary N) is 1. The fraction of sp³-hybridized carbons (Fsp3) is 0.385. The number of ether oxygens (including phenoxy) is 3. The van der Waals surface area contributed by atoms with Crippen molar-refractivity contribution in [2.24, 2.45) is 5.92 Å². The van der Waals surface area contributed by atoms with Gasteiger partial charge in [0.2, 0.25) is 5.88 Å². The van der Waals surface area contributed by atoms with Gasteiger partial charge in [-0.1, -0.05) is 25.0 Å². The van der Waals surface area contributed by atoms with Crippen LogP contribution in [0.5, 0.6) is 17.4 Å². The number of pyridine rings is 1. The zero-order valence-electron chi connectivity index (χ0n) is 21.5. The van der Waals surface area contributed by atoms with Crippen LogP contribution in [0, 0.1) is 5.92 Å². The van der Waals surface area contributed by atoms with Gasteiger partial charge in [0, 0.05) is 17.3 Å². The van der Waals surface area contributed by atoms with Crippen LogP contribution in [0.4, 0.5) is 0 Å². The molecular formula is C26H29N6O5S-. The first-order valence-corrected chi connectivity index (χ1v) is 13.5. The molecule has 0 aliphatic heterocycles. The topological polar surface area (TPSA) is 136 Å². The number of rotatable bonds is 12. The first kappa shape index (κ1) is 26.0. The molecule has 5 rings (SSSR count). The second-order valence-corrected chi connectivity index (χ2v) is 9.64. The second-order valence-electron chi connectivity index (χ2n) is 8.88. The van der Waals surface area contributed by atoms with Gasteiger partial charge >= 0.3 is 0 Å². The molecule has 1 saturated carbocycles. The molecular weight excluding hydrogens is 508 g/mol. The minimum Gasteiger partial charge on any atom is -0.760 e. The third-order valence-electron chi connectivity index (χ3n) is 6.36. The van der Waals surface area contributed by atoms with Gasteiger partial charge in [-0.3, -0.25) is 8.78 Å². The summed E-state index contributed by atoms with van der Waals surface area (Å²) in [6.45, 7) is 2.38. The van der Waals surface area contributed by atoms with Crippen LogP contribution in [-0.4, -0.2) is 54.1 Å². The van der Waals surface area contributed by atoms with E-state index in [0.717, 1.165) is 12.1 Å². The zero-order chi connectivity index (χ0) is 26.6. The van der Waals surface area contributed by atoms with Gasteiger partial charge in [-0.2, -0.15) is 0 Å². The molecule has 1 aliphatic carbocycles. The largest absolute Gasteiger partial charge is 0.760 e. The summed E-state index contributed by atoms with van der Waals surface area (Å²) in [5, 5.41) is 0. The summed E-state index contributed by atoms with van der Waals surface area (Å²) in [7, 11) is 3.15. The number of imidazole rings is 1. The van der Waals surface area contributed by atoms with Crippen LogP contribution in [0.3, 0.4) is 0 Å². The number of benzene rings is 1. The highest BCUT2D eigenvalue weighted by atomic mass is 32.2. The fourth-order valence-corrected chi connectivity index (χ4v) is 4.63. The van der Waals surface area contributed by atoms with Crippen molar-refractivity contribution in [2.45, 2.75) is 39.2 Å². The van der Waals surface area contributed by atoms with Crippen molar-refractivity contribution >= 4 is 22.6 Å². The number of fused-ring (bicyclic) bond motifs is 1. The first-order chi connectivity index (χ1) is 18.5. The summed E-state index contributed by atoms with van der Waals surface area (Å²) in [6.07, 6.45) is 4.08. The summed E-state index contributed by atoms with van der Waals surface area (Å²) in [4.78, 5) is 19.3. The highest BCUT2D eigenvalue weighted by Gasteiger charge is 2.26. The summed E-state index contributed by atoms with van der Waals surface area (Å²) >= 11 is -2.44. The standard InChI is InChI=1S/C26H30N6O5S/c1-4-37-22-10-5-7-18(28-22)25-31-24-26(32(25)23-20(35-2)8-6-9-21(23)36-3)30-19(15-27-38(33)34)17(29-24)14-13-16-11-12-16/h5-10,16,27H,4,11-15H2,1-3H3,(H,33,34)/p-1. The fourth-order valence-electron chi connectivity index (χ4n) is 4.38. The van der Waals surface area contributed by atoms with E-state index < -0.39 is 11.3 Å². The molecule has 0 spiro atoms. The van der Waals surface area contributed by atoms with E-state index in [-0.39, 0.29) is 6.54 Å². The molecule has 0 radical (unpaired) electrons. The van der Waals surface area contributed by atoms with Crippen molar-refractivity contribution in [1.82, 2.24) is 29.2 Å². The van der Waals surface area contributed by atoms with Crippen LogP contribution >= 0.6 is 0 Å². The molecule has 1 fully saturated rings. The summed E-state index contributed by atoms with van der Waals surface area (Å²) in [5.41, 5.74) is 3.22. The predicted molar refractivity (Wildman–Crippen MR) is 141 cm³/mol. The minimum absolute atomic E-state index is 0.0146. The Morgan fingerprint density at radius 1 is 1.03 bits per heavy atom. The van der Waals surface area contributed by atoms with Crippen molar-refractivity contribution in [3.05, 3.63) is 47.8 Å². The monoisotopic (exact) mass is 537 g/mol. The quantitative estimate of drug-likeness (QED) is 0.269. The summed E-state index contributed by atoms with van der Waals surface area (Å²) < 4.78 is 43.9. The Bertz CT molecular complexity index is 1450. The van der Waals surface area contributed by atoms with Crippen molar-refractivity contribution in [3.8, 4) is 34.6 Å². The van der Waals surface area contributed by atoms with Gasteiger partial charge in [-0.05, 0) is 43.9 Å². The average molecular weight is 538 g/mol. The van der Waals surface area contributed by atoms with Crippen LogP contribution in [0.15, 0.2) is 36.4 Å². The predicted octanol–water partition coefficient (Wildman–Crippen LogP) is 3.52. The minimum atomic E-state index is -2.44. The maximum absolute atomic E-state index is 11.3. The molecule has 1 atom stereocenters. The van der Waals surface area contributed by atoms with Gasteiger partial charge in [0.25, 0.3) is 0 Å². The molecule has 0 saturated heterocycles. The number of methoxy groups -OCH3 is 2. The van der Waals surface area contributed by atoms with E-state index in [1.54, 1.807) is 24.9 Å². The second kappa shape index (κ2) is 11.4. The van der Waals surface area contributed by atoms with Crippen molar-refractivity contribution in [1.29, 1.82) is 0 Å². The average Bonchev–Trinajstić information content (AvgIpc) is 3.69. The van der Waals surface area contributed by atoms with Crippen molar-refractivity contribution < 1.29 is 23.0 Å². The lowest BCUT2D eigenvalue weighted by molar-refractivity contribution is 0.327. The molecule has 1 unspecified atom stereocenters. The van der Waals surface area contributed by atoms with E-state index >= 15 is 0 Å². The van der Waals surface area contributed by atoms with Crippen LogP contribution in [0.25, 0.3) is 28.5 Å². The zero-order valence-corrected chi connectivity index (χ0v) is 22.3. The smallest absolute Gasteiger partial charge is 0.213 e. The lowest BCUT2D eigenvalue weighted by Crippen LogP contribution is -2.19. The molecule has 4 aromatic rings. The Labute approximate surface area is 223 Å². The molecule has 11 nitrogen and oxygen atoms in total. The highest BCUT2D eigenvalue weighted by Crippen LogP contribution is 2.38. The Balaban J connectivity index is 1.77. The van der Waals surface area contributed by atoms with E-state index in [1.807, 2.05) is 37.3 Å². The number of para-hydroxylation sites is 1. The maximum Gasteiger partial charge on any atom is 0.213 e. The van der Waals surface area contributed by atoms with Gasteiger partial charge in [0.15, 0.2) is 17.1 Å². The molecule has 200 valence electrons. The highest BCUT2D eigenvalue weighted by molar-refractivity contribution is 7.77. The number of aryl methyl sites for hydroxylation is 1. The summed E-state index contributed by atoms with van der Waals surface area (Å²) in [5.74, 6) is 2.68. The van der Waals surface area contributed by atoms with E-state index in [1.165, 1.54) is 12.8 Å². The van der Waals surface area contributed by atoms with Crippen molar-refractivity contribution in [2.75, 3.05) is 20.8 Å². The van der Waals surface area contributed by atoms with E-state index in [2.05, 4.69) is 9.71 Å². The lowest BCUT2D eigenvalue weighted by atomic mass is 10.1. The van der Waals surface area contributed by atoms with Crippen molar-refractivity contribution in [3.63, 3.8) is 0 Å². The van der Waals surface area contributed by atoms with Crippen LogP contribution in [0.1, 0.15) is 37.6 Å². The van der Waals surface area contributed by atoms with E-state index in [0.29, 0.717) is 70.5 Å². The number of hydrogen-bond acceptors (Lipinski definition) is 9. The molecule has 1 aromatic carbocycles. The maximum atomic E-state index is 11.3. The van der Waals surface area contributed by atoms with Gasteiger partial charge in [0.05, 0.1) is 38.8 Å². The van der Waals surface area contributed by atoms with E-state index in [4.69, 9.17) is 29.2 Å². The Morgan fingerprint density at radius 3 is 2.42 bits per heavy atom. The number of aromatic nitrogens is 5. The van der Waals surface area contributed by atoms with E-state index in [9.17, 15) is 8.76 Å². The van der Waals surface area contributed by atoms with Crippen LogP contribution in [-0.2, 0) is 24.2 Å². The molecule has 0 bridgehead atoms. The third-order valence-corrected chi connectivity index (χ3v) is 6.74. The SMILES string of the molecule is CCOc1cccc(-c2nc3nc(CCC4CC4)c(CNS(=O)[O-])nc3n2-c2c(OC)cccc2OC)n1. The Kier molecular flexibility index (Phi) is 7.82. The molecule has 0 amide bonds. The van der Waals surface area contributed by atoms with Crippen LogP contribution < -0.4 is 18.9 Å². The molecule has 12 heteroatoms. The molecule has 1 aliphatic rings. The third kappa shape index (κ3) is 5.47. The van der Waals surface area contributed by atoms with Gasteiger partial charge < -0.3 is 18.8 Å². The molecule has 38 heavy (non-hydrogen) atoms. The Hall–Kier alpha value is -3.61. The summed E-state index contributed by atoms with van der Waals surface area (Å²) in [6, 6.07) is 10.9. The lowest BCUT2D eigenvalue weighted by Gasteiger charge is -2.17. The van der Waals surface area contributed by atoms with Gasteiger partial charge in [0.1, 0.15) is 22.9 Å². The molecule has 1 N–H and O–H groups in total. The van der Waals surface area contributed by atoms with Gasteiger partial charge in [-0.15, -0.1) is 0 Å². The van der Waals surface area contributed by atoms with Crippen LogP contribution in [0.2, 0.25) is 0 Å². The Morgan fingerprint density at radius 2 is 1.76 bits per heavy atom. The molecule has 3 aromatic heterocycles.